The largest absolute Gasteiger partial charge is 0.249 e. The SMILES string of the molecule is CCCC[Si](Cl)(Cl)C([Si](C)(C)C)([Si](C)(C)C)[Si](C)(C)C. The van der Waals surface area contributed by atoms with Crippen molar-refractivity contribution < 1.29 is 0 Å². The number of rotatable bonds is 7. The summed E-state index contributed by atoms with van der Waals surface area (Å²) in [6, 6.07) is 1.09. The molecule has 0 aliphatic heterocycles. The van der Waals surface area contributed by atoms with E-state index in [-0.39, 0.29) is 0 Å². The first-order valence-corrected chi connectivity index (χ1v) is 22.7. The summed E-state index contributed by atoms with van der Waals surface area (Å²) < 4.78 is 0.346. The molecule has 0 aliphatic rings. The molecule has 0 bridgehead atoms. The van der Waals surface area contributed by atoms with Gasteiger partial charge in [-0.05, 0) is 9.95 Å². The Labute approximate surface area is 141 Å². The van der Waals surface area contributed by atoms with Gasteiger partial charge in [0.25, 0.3) is 0 Å². The van der Waals surface area contributed by atoms with E-state index in [9.17, 15) is 0 Å². The molecule has 0 saturated heterocycles. The molecule has 122 valence electrons. The minimum atomic E-state index is -2.28. The highest BCUT2D eigenvalue weighted by Gasteiger charge is 2.70. The lowest BCUT2D eigenvalue weighted by Crippen LogP contribution is -2.74. The Kier molecular flexibility index (Phi) is 6.99. The molecule has 6 heteroatoms. The third-order valence-corrected chi connectivity index (χ3v) is 43.4. The van der Waals surface area contributed by atoms with E-state index in [2.05, 4.69) is 65.8 Å². The van der Waals surface area contributed by atoms with Crippen LogP contribution in [0.4, 0.5) is 0 Å². The van der Waals surface area contributed by atoms with Gasteiger partial charge in [0.05, 0.1) is 0 Å². The van der Waals surface area contributed by atoms with Crippen LogP contribution in [0.2, 0.25) is 68.9 Å². The molecule has 0 rings (SSSR count). The zero-order valence-electron chi connectivity index (χ0n) is 15.4. The summed E-state index contributed by atoms with van der Waals surface area (Å²) in [5, 5.41) is 0. The van der Waals surface area contributed by atoms with Gasteiger partial charge in [-0.15, -0.1) is 22.2 Å². The summed E-state index contributed by atoms with van der Waals surface area (Å²) >= 11 is 14.6. The van der Waals surface area contributed by atoms with Crippen molar-refractivity contribution >= 4 is 53.1 Å². The van der Waals surface area contributed by atoms with Gasteiger partial charge in [-0.2, -0.15) is 0 Å². The lowest BCUT2D eigenvalue weighted by molar-refractivity contribution is 0.870. The Bertz CT molecular complexity index is 285. The van der Waals surface area contributed by atoms with E-state index in [1.54, 1.807) is 0 Å². The van der Waals surface area contributed by atoms with Crippen LogP contribution < -0.4 is 0 Å². The van der Waals surface area contributed by atoms with Crippen LogP contribution in [0, 0.1) is 0 Å². The molecule has 0 aromatic rings. The molecule has 0 spiro atoms. The molecule has 0 fully saturated rings. The van der Waals surface area contributed by atoms with Gasteiger partial charge in [0.15, 0.2) is 0 Å². The summed E-state index contributed by atoms with van der Waals surface area (Å²) in [5.74, 6) is 0. The van der Waals surface area contributed by atoms with Crippen LogP contribution in [0.1, 0.15) is 19.8 Å². The topological polar surface area (TPSA) is 0 Å². The highest BCUT2D eigenvalue weighted by Crippen LogP contribution is 2.63. The molecule has 0 amide bonds. The van der Waals surface area contributed by atoms with E-state index in [1.165, 1.54) is 12.8 Å². The van der Waals surface area contributed by atoms with E-state index in [4.69, 9.17) is 22.2 Å². The molecule has 0 N–H and O–H groups in total. The van der Waals surface area contributed by atoms with Gasteiger partial charge in [-0.25, -0.2) is 0 Å². The summed E-state index contributed by atoms with van der Waals surface area (Å²) in [5.41, 5.74) is 0. The Balaban J connectivity index is 6.32. The molecule has 0 atom stereocenters. The van der Waals surface area contributed by atoms with Gasteiger partial charge < -0.3 is 0 Å². The fourth-order valence-electron chi connectivity index (χ4n) is 5.61. The van der Waals surface area contributed by atoms with Gasteiger partial charge in [-0.3, -0.25) is 0 Å². The van der Waals surface area contributed by atoms with Crippen LogP contribution >= 0.6 is 22.2 Å². The Morgan fingerprint density at radius 2 is 1.00 bits per heavy atom. The number of halogens is 2. The number of unbranched alkanes of at least 4 members (excludes halogenated alkanes) is 1. The maximum Gasteiger partial charge on any atom is 0.249 e. The predicted octanol–water partition coefficient (Wildman–Crippen LogP) is 7.08. The Morgan fingerprint density at radius 3 is 1.20 bits per heavy atom. The second-order valence-electron chi connectivity index (χ2n) is 9.31. The second-order valence-corrected chi connectivity index (χ2v) is 35.2. The highest BCUT2D eigenvalue weighted by atomic mass is 35.7. The van der Waals surface area contributed by atoms with Crippen molar-refractivity contribution in [2.24, 2.45) is 0 Å². The van der Waals surface area contributed by atoms with Crippen molar-refractivity contribution in [1.82, 2.24) is 0 Å². The lowest BCUT2D eigenvalue weighted by Gasteiger charge is -2.63. The third-order valence-electron chi connectivity index (χ3n) is 4.77. The van der Waals surface area contributed by atoms with E-state index in [0.29, 0.717) is 3.91 Å². The van der Waals surface area contributed by atoms with E-state index in [1.807, 2.05) is 0 Å². The van der Waals surface area contributed by atoms with Gasteiger partial charge in [-0.1, -0.05) is 78.7 Å². The quantitative estimate of drug-likeness (QED) is 0.323. The van der Waals surface area contributed by atoms with Crippen LogP contribution in [0.3, 0.4) is 0 Å². The fraction of sp³-hybridized carbons (Fsp3) is 1.00. The molecular weight excluding hydrogens is 351 g/mol. The van der Waals surface area contributed by atoms with E-state index >= 15 is 0 Å². The average molecular weight is 388 g/mol. The monoisotopic (exact) mass is 386 g/mol. The first kappa shape index (κ1) is 21.4. The molecular formula is C14H36Cl2Si4. The average Bonchev–Trinajstić information content (AvgIpc) is 2.06. The van der Waals surface area contributed by atoms with Gasteiger partial charge in [0.1, 0.15) is 0 Å². The Hall–Kier alpha value is 1.45. The molecule has 20 heavy (non-hydrogen) atoms. The van der Waals surface area contributed by atoms with Crippen molar-refractivity contribution in [3.63, 3.8) is 0 Å². The molecule has 0 saturated carbocycles. The number of hydrogen-bond donors (Lipinski definition) is 0. The normalized spacial score (nSPS) is 15.6. The van der Waals surface area contributed by atoms with Crippen LogP contribution in [-0.4, -0.2) is 30.9 Å². The maximum atomic E-state index is 7.30. The van der Waals surface area contributed by atoms with Crippen LogP contribution in [0.15, 0.2) is 0 Å². The lowest BCUT2D eigenvalue weighted by atomic mass is 10.4. The van der Waals surface area contributed by atoms with E-state index < -0.39 is 30.9 Å². The molecule has 0 unspecified atom stereocenters. The van der Waals surface area contributed by atoms with Gasteiger partial charge in [0.2, 0.25) is 6.69 Å². The fourth-order valence-corrected chi connectivity index (χ4v) is 64.2. The number of hydrogen-bond acceptors (Lipinski definition) is 0. The third kappa shape index (κ3) is 3.67. The zero-order valence-corrected chi connectivity index (χ0v) is 20.9. The van der Waals surface area contributed by atoms with Crippen molar-refractivity contribution in [2.75, 3.05) is 0 Å². The van der Waals surface area contributed by atoms with E-state index in [0.717, 1.165) is 6.04 Å². The Morgan fingerprint density at radius 1 is 0.700 bits per heavy atom. The van der Waals surface area contributed by atoms with Crippen molar-refractivity contribution in [3.05, 3.63) is 0 Å². The molecule has 0 heterocycles. The first-order valence-electron chi connectivity index (χ1n) is 7.94. The van der Waals surface area contributed by atoms with Gasteiger partial charge >= 0.3 is 0 Å². The molecule has 0 aliphatic carbocycles. The minimum absolute atomic E-state index is 0.346. The molecule has 0 radical (unpaired) electrons. The molecule has 0 nitrogen and oxygen atoms in total. The molecule has 0 aromatic carbocycles. The minimum Gasteiger partial charge on any atom is -0.146 e. The summed E-state index contributed by atoms with van der Waals surface area (Å²) in [4.78, 5) is 0. The van der Waals surface area contributed by atoms with Crippen LogP contribution in [0.25, 0.3) is 0 Å². The standard InChI is InChI=1S/C14H36Cl2Si4/c1-11-12-13-20(15,16)14(17(2,3)4,18(5,6)7)19(8,9)10/h11-13H2,1-10H3. The van der Waals surface area contributed by atoms with Crippen molar-refractivity contribution in [3.8, 4) is 0 Å². The van der Waals surface area contributed by atoms with Gasteiger partial charge in [0, 0.05) is 24.2 Å². The van der Waals surface area contributed by atoms with Crippen molar-refractivity contribution in [2.45, 2.75) is 88.6 Å². The summed E-state index contributed by atoms with van der Waals surface area (Å²) in [7, 11) is -4.42. The maximum absolute atomic E-state index is 7.30. The zero-order chi connectivity index (χ0) is 16.6. The molecule has 0 aromatic heterocycles. The van der Waals surface area contributed by atoms with Crippen molar-refractivity contribution in [1.29, 1.82) is 0 Å². The summed E-state index contributed by atoms with van der Waals surface area (Å²) in [6.07, 6.45) is 2.40. The highest BCUT2D eigenvalue weighted by molar-refractivity contribution is 7.57. The predicted molar refractivity (Wildman–Crippen MR) is 110 cm³/mol. The summed E-state index contributed by atoms with van der Waals surface area (Å²) in [6.45, 7) is 22.7. The van der Waals surface area contributed by atoms with Crippen LogP contribution in [0.5, 0.6) is 0 Å². The smallest absolute Gasteiger partial charge is 0.146 e. The second kappa shape index (κ2) is 6.52. The van der Waals surface area contributed by atoms with Crippen LogP contribution in [-0.2, 0) is 0 Å². The first-order chi connectivity index (χ1) is 8.56.